The topological polar surface area (TPSA) is 90.6 Å². The second-order valence-electron chi connectivity index (χ2n) is 12.4. The highest BCUT2D eigenvalue weighted by atomic mass is 16.3. The van der Waals surface area contributed by atoms with Gasteiger partial charge in [0, 0.05) is 70.2 Å². The Kier molecular flexibility index (Phi) is 8.35. The molecule has 0 aromatic rings. The minimum Gasteiger partial charge on any atom is -0.396 e. The largest absolute Gasteiger partial charge is 0.396 e. The van der Waals surface area contributed by atoms with Gasteiger partial charge in [-0.1, -0.05) is 13.8 Å². The van der Waals surface area contributed by atoms with Crippen LogP contribution in [0.15, 0.2) is 0 Å². The molecule has 2 aliphatic carbocycles. The number of hydrogen-bond donors (Lipinski definition) is 4. The lowest BCUT2D eigenvalue weighted by Crippen LogP contribution is -2.31. The van der Waals surface area contributed by atoms with Crippen LogP contribution >= 0.6 is 0 Å². The summed E-state index contributed by atoms with van der Waals surface area (Å²) in [5.74, 6) is 1.36. The fraction of sp³-hybridized carbons (Fsp3) is 1.00. The highest BCUT2D eigenvalue weighted by Gasteiger charge is 2.56. The Balaban J connectivity index is 0.000000136. The molecule has 4 atom stereocenters. The van der Waals surface area contributed by atoms with Gasteiger partial charge in [-0.25, -0.2) is 0 Å². The Morgan fingerprint density at radius 2 is 1.19 bits per heavy atom. The first-order chi connectivity index (χ1) is 15.0. The average molecular weight is 456 g/mol. The van der Waals surface area contributed by atoms with Gasteiger partial charge >= 0.3 is 0 Å². The van der Waals surface area contributed by atoms with E-state index in [0.29, 0.717) is 47.2 Å². The molecule has 4 unspecified atom stereocenters. The van der Waals surface area contributed by atoms with Gasteiger partial charge in [0.2, 0.25) is 0 Å². The number of rotatable bonds is 4. The van der Waals surface area contributed by atoms with Gasteiger partial charge in [0.05, 0.1) is 12.7 Å². The van der Waals surface area contributed by atoms with Crippen LogP contribution in [0.2, 0.25) is 0 Å². The van der Waals surface area contributed by atoms with Crippen LogP contribution in [0, 0.1) is 34.0 Å². The molecule has 2 saturated carbocycles. The summed E-state index contributed by atoms with van der Waals surface area (Å²) in [5, 5.41) is 36.5. The van der Waals surface area contributed by atoms with Crippen LogP contribution in [0.4, 0.5) is 0 Å². The Bertz CT molecular complexity index is 588. The van der Waals surface area contributed by atoms with Crippen LogP contribution in [-0.4, -0.2) is 121 Å². The van der Waals surface area contributed by atoms with Crippen molar-refractivity contribution < 1.29 is 20.4 Å². The Morgan fingerprint density at radius 3 is 1.56 bits per heavy atom. The predicted molar refractivity (Wildman–Crippen MR) is 127 cm³/mol. The second-order valence-corrected chi connectivity index (χ2v) is 12.4. The standard InChI is InChI=1S/C9H17NO2.C8H15NO.C8H17NO/c1-10-4-7(8(12)5-11)9(6-10)2-3-9;1-9-4-7(5-10)8(6-9)2-3-8;1-8(2)6-9(3)4-7(8)5-10/h7-8,11-12H,2-6H2,1H3;7,10H,2-6H2,1H3;7,10H,4-6H2,1-3H3. The van der Waals surface area contributed by atoms with Gasteiger partial charge in [-0.05, 0) is 63.1 Å². The van der Waals surface area contributed by atoms with Gasteiger partial charge in [-0.3, -0.25) is 0 Å². The Morgan fingerprint density at radius 1 is 0.719 bits per heavy atom. The summed E-state index contributed by atoms with van der Waals surface area (Å²) in [4.78, 5) is 6.88. The molecule has 7 nitrogen and oxygen atoms in total. The normalized spacial score (nSPS) is 35.3. The van der Waals surface area contributed by atoms with E-state index >= 15 is 0 Å². The summed E-state index contributed by atoms with van der Waals surface area (Å²) in [6.45, 7) is 11.6. The van der Waals surface area contributed by atoms with Crippen LogP contribution in [0.1, 0.15) is 39.5 Å². The smallest absolute Gasteiger partial charge is 0.0817 e. The van der Waals surface area contributed by atoms with E-state index < -0.39 is 6.10 Å². The van der Waals surface area contributed by atoms with E-state index in [1.165, 1.54) is 32.2 Å². The van der Waals surface area contributed by atoms with E-state index in [4.69, 9.17) is 15.3 Å². The first-order valence-electron chi connectivity index (χ1n) is 12.6. The van der Waals surface area contributed by atoms with E-state index in [1.54, 1.807) is 0 Å². The van der Waals surface area contributed by atoms with Crippen LogP contribution in [0.5, 0.6) is 0 Å². The number of aliphatic hydroxyl groups is 4. The molecule has 0 amide bonds. The van der Waals surface area contributed by atoms with E-state index in [-0.39, 0.29) is 6.61 Å². The van der Waals surface area contributed by atoms with Crippen molar-refractivity contribution >= 4 is 0 Å². The molecule has 2 spiro atoms. The monoisotopic (exact) mass is 455 g/mol. The molecule has 7 heteroatoms. The van der Waals surface area contributed by atoms with Crippen molar-refractivity contribution in [3.05, 3.63) is 0 Å². The van der Waals surface area contributed by atoms with Crippen molar-refractivity contribution in [1.82, 2.24) is 14.7 Å². The minimum absolute atomic E-state index is 0.0831. The van der Waals surface area contributed by atoms with Crippen molar-refractivity contribution in [3.63, 3.8) is 0 Å². The molecule has 3 saturated heterocycles. The summed E-state index contributed by atoms with van der Waals surface area (Å²) in [6.07, 6.45) is 4.67. The van der Waals surface area contributed by atoms with Crippen LogP contribution in [-0.2, 0) is 0 Å². The number of likely N-dealkylation sites (tertiary alicyclic amines) is 3. The Labute approximate surface area is 195 Å². The lowest BCUT2D eigenvalue weighted by atomic mass is 9.83. The van der Waals surface area contributed by atoms with Gasteiger partial charge in [0.15, 0.2) is 0 Å². The summed E-state index contributed by atoms with van der Waals surface area (Å²) >= 11 is 0. The maximum Gasteiger partial charge on any atom is 0.0817 e. The molecule has 3 aliphatic heterocycles. The fourth-order valence-electron chi connectivity index (χ4n) is 6.69. The molecule has 0 radical (unpaired) electrons. The highest BCUT2D eigenvalue weighted by Crippen LogP contribution is 2.57. The SMILES string of the molecule is CN1CC(C(O)CO)C2(CC2)C1.CN1CC(CO)C(C)(C)C1.CN1CC(CO)C2(CC2)C1. The lowest BCUT2D eigenvalue weighted by molar-refractivity contribution is 0.0319. The number of hydrogen-bond acceptors (Lipinski definition) is 7. The third kappa shape index (κ3) is 5.85. The minimum atomic E-state index is -0.502. The molecule has 3 heterocycles. The van der Waals surface area contributed by atoms with Crippen LogP contribution < -0.4 is 0 Å². The van der Waals surface area contributed by atoms with E-state index in [0.717, 1.165) is 32.7 Å². The number of nitrogens with zero attached hydrogens (tertiary/aromatic N) is 3. The third-order valence-electron chi connectivity index (χ3n) is 9.05. The molecular weight excluding hydrogens is 406 g/mol. The molecule has 5 rings (SSSR count). The summed E-state index contributed by atoms with van der Waals surface area (Å²) in [7, 11) is 6.34. The van der Waals surface area contributed by atoms with E-state index in [2.05, 4.69) is 49.7 Å². The van der Waals surface area contributed by atoms with Gasteiger partial charge < -0.3 is 35.1 Å². The maximum atomic E-state index is 9.57. The first kappa shape index (κ1) is 26.3. The lowest BCUT2D eigenvalue weighted by Gasteiger charge is -2.23. The molecule has 188 valence electrons. The van der Waals surface area contributed by atoms with Gasteiger partial charge in [0.25, 0.3) is 0 Å². The van der Waals surface area contributed by atoms with Gasteiger partial charge in [-0.15, -0.1) is 0 Å². The van der Waals surface area contributed by atoms with Crippen LogP contribution in [0.25, 0.3) is 0 Å². The van der Waals surface area contributed by atoms with Crippen LogP contribution in [0.3, 0.4) is 0 Å². The van der Waals surface area contributed by atoms with Gasteiger partial charge in [-0.2, -0.15) is 0 Å². The van der Waals surface area contributed by atoms with Crippen molar-refractivity contribution in [2.45, 2.75) is 45.6 Å². The molecule has 32 heavy (non-hydrogen) atoms. The van der Waals surface area contributed by atoms with Crippen molar-refractivity contribution in [3.8, 4) is 0 Å². The summed E-state index contributed by atoms with van der Waals surface area (Å²) < 4.78 is 0. The molecule has 5 aliphatic rings. The molecular formula is C25H49N3O4. The van der Waals surface area contributed by atoms with Crippen molar-refractivity contribution in [1.29, 1.82) is 0 Å². The molecule has 0 bridgehead atoms. The quantitative estimate of drug-likeness (QED) is 0.493. The fourth-order valence-corrected chi connectivity index (χ4v) is 6.69. The molecule has 5 fully saturated rings. The summed E-state index contributed by atoms with van der Waals surface area (Å²) in [5.41, 5.74) is 1.24. The van der Waals surface area contributed by atoms with Crippen molar-refractivity contribution in [2.24, 2.45) is 34.0 Å². The average Bonchev–Trinajstić information content (AvgIpc) is 3.58. The van der Waals surface area contributed by atoms with E-state index in [9.17, 15) is 5.11 Å². The molecule has 0 aromatic heterocycles. The first-order valence-corrected chi connectivity index (χ1v) is 12.6. The number of aliphatic hydroxyl groups excluding tert-OH is 4. The maximum absolute atomic E-state index is 9.57. The second kappa shape index (κ2) is 10.1. The van der Waals surface area contributed by atoms with Crippen molar-refractivity contribution in [2.75, 3.05) is 80.2 Å². The molecule has 4 N–H and O–H groups in total. The molecule has 0 aromatic carbocycles. The zero-order chi connectivity index (χ0) is 23.7. The summed E-state index contributed by atoms with van der Waals surface area (Å²) in [6, 6.07) is 0. The highest BCUT2D eigenvalue weighted by molar-refractivity contribution is 5.07. The Hall–Kier alpha value is -0.280. The van der Waals surface area contributed by atoms with Gasteiger partial charge in [0.1, 0.15) is 0 Å². The zero-order valence-electron chi connectivity index (χ0n) is 21.1. The zero-order valence-corrected chi connectivity index (χ0v) is 21.1. The predicted octanol–water partition coefficient (Wildman–Crippen LogP) is 0.568. The third-order valence-corrected chi connectivity index (χ3v) is 9.05. The van der Waals surface area contributed by atoms with E-state index in [1.807, 2.05) is 0 Å².